The van der Waals surface area contributed by atoms with E-state index in [1.165, 1.54) is 18.2 Å². The van der Waals surface area contributed by atoms with Gasteiger partial charge in [0.05, 0.1) is 17.3 Å². The minimum absolute atomic E-state index is 0.0691. The Morgan fingerprint density at radius 2 is 1.77 bits per heavy atom. The molecule has 1 N–H and O–H groups in total. The molecule has 150 valence electrons. The summed E-state index contributed by atoms with van der Waals surface area (Å²) in [5.74, 6) is 0.271. The maximum Gasteiger partial charge on any atom is 0.276 e. The molecule has 4 rings (SSSR count). The van der Waals surface area contributed by atoms with Crippen molar-refractivity contribution in [3.8, 4) is 11.5 Å². The summed E-state index contributed by atoms with van der Waals surface area (Å²) in [6.07, 6.45) is 1.68. The van der Waals surface area contributed by atoms with Crippen LogP contribution in [0.1, 0.15) is 16.1 Å². The number of halogens is 2. The van der Waals surface area contributed by atoms with Crippen molar-refractivity contribution in [1.29, 1.82) is 0 Å². The smallest absolute Gasteiger partial charge is 0.276 e. The van der Waals surface area contributed by atoms with E-state index in [0.717, 1.165) is 11.3 Å². The van der Waals surface area contributed by atoms with Crippen LogP contribution in [0.5, 0.6) is 11.5 Å². The lowest BCUT2D eigenvalue weighted by molar-refractivity contribution is 0.102. The second-order valence-corrected chi connectivity index (χ2v) is 6.88. The predicted molar refractivity (Wildman–Crippen MR) is 114 cm³/mol. The molecule has 0 atom stereocenters. The average molecular weight is 422 g/mol. The van der Waals surface area contributed by atoms with Crippen LogP contribution < -0.4 is 10.1 Å². The first-order chi connectivity index (χ1) is 14.6. The van der Waals surface area contributed by atoms with Crippen LogP contribution in [-0.4, -0.2) is 15.7 Å². The number of carbonyl (C=O) groups excluding carboxylic acids is 1. The van der Waals surface area contributed by atoms with Crippen molar-refractivity contribution in [3.05, 3.63) is 107 Å². The van der Waals surface area contributed by atoms with E-state index in [4.69, 9.17) is 16.3 Å². The number of para-hydroxylation sites is 3. The van der Waals surface area contributed by atoms with Crippen molar-refractivity contribution in [1.82, 2.24) is 9.78 Å². The van der Waals surface area contributed by atoms with Gasteiger partial charge in [0, 0.05) is 11.8 Å². The highest BCUT2D eigenvalue weighted by Crippen LogP contribution is 2.26. The fraction of sp³-hybridized carbons (Fsp3) is 0.0435. The van der Waals surface area contributed by atoms with Gasteiger partial charge < -0.3 is 10.1 Å². The van der Waals surface area contributed by atoms with Gasteiger partial charge in [-0.3, -0.25) is 9.48 Å². The zero-order chi connectivity index (χ0) is 20.9. The van der Waals surface area contributed by atoms with Gasteiger partial charge in [-0.25, -0.2) is 4.39 Å². The monoisotopic (exact) mass is 421 g/mol. The van der Waals surface area contributed by atoms with E-state index in [2.05, 4.69) is 10.4 Å². The number of hydrogen-bond acceptors (Lipinski definition) is 3. The molecule has 30 heavy (non-hydrogen) atoms. The number of ether oxygens (including phenoxy) is 1. The van der Waals surface area contributed by atoms with Gasteiger partial charge in [-0.15, -0.1) is 0 Å². The first-order valence-corrected chi connectivity index (χ1v) is 9.57. The van der Waals surface area contributed by atoms with Crippen LogP contribution in [0.25, 0.3) is 0 Å². The van der Waals surface area contributed by atoms with E-state index < -0.39 is 11.7 Å². The maximum absolute atomic E-state index is 13.9. The number of carbonyl (C=O) groups is 1. The Labute approximate surface area is 177 Å². The third-order valence-electron chi connectivity index (χ3n) is 4.35. The highest BCUT2D eigenvalue weighted by atomic mass is 35.5. The molecule has 0 bridgehead atoms. The quantitative estimate of drug-likeness (QED) is 0.430. The molecule has 1 heterocycles. The molecule has 0 radical (unpaired) electrons. The molecule has 1 aromatic heterocycles. The average Bonchev–Trinajstić information content (AvgIpc) is 3.22. The summed E-state index contributed by atoms with van der Waals surface area (Å²) >= 11 is 5.96. The molecule has 0 aliphatic heterocycles. The van der Waals surface area contributed by atoms with Crippen LogP contribution in [0, 0.1) is 5.82 Å². The van der Waals surface area contributed by atoms with Crippen molar-refractivity contribution in [2.45, 2.75) is 6.54 Å². The van der Waals surface area contributed by atoms with Gasteiger partial charge in [-0.1, -0.05) is 54.1 Å². The number of hydrogen-bond donors (Lipinski definition) is 1. The molecular weight excluding hydrogens is 405 g/mol. The fourth-order valence-corrected chi connectivity index (χ4v) is 3.10. The summed E-state index contributed by atoms with van der Waals surface area (Å²) in [5.41, 5.74) is 0.977. The summed E-state index contributed by atoms with van der Waals surface area (Å²) < 4.78 is 21.5. The number of nitrogens with one attached hydrogen (secondary N) is 1. The largest absolute Gasteiger partial charge is 0.457 e. The van der Waals surface area contributed by atoms with E-state index >= 15 is 0 Å². The number of rotatable bonds is 6. The lowest BCUT2D eigenvalue weighted by atomic mass is 10.2. The maximum atomic E-state index is 13.9. The van der Waals surface area contributed by atoms with Crippen LogP contribution in [-0.2, 0) is 6.54 Å². The van der Waals surface area contributed by atoms with Crippen molar-refractivity contribution >= 4 is 23.2 Å². The molecule has 5 nitrogen and oxygen atoms in total. The van der Waals surface area contributed by atoms with E-state index in [-0.39, 0.29) is 16.4 Å². The Morgan fingerprint density at radius 3 is 2.57 bits per heavy atom. The standard InChI is InChI=1S/C23H17ClFN3O2/c24-18-10-6-11-19(25)22(18)26-23(29)20-13-14-28(27-20)15-16-7-4-5-12-21(16)30-17-8-2-1-3-9-17/h1-14H,15H2,(H,26,29). The first kappa shape index (κ1) is 19.7. The molecule has 1 amide bonds. The lowest BCUT2D eigenvalue weighted by Crippen LogP contribution is -2.15. The Kier molecular flexibility index (Phi) is 5.77. The molecule has 0 unspecified atom stereocenters. The Hall–Kier alpha value is -3.64. The second-order valence-electron chi connectivity index (χ2n) is 6.47. The molecule has 0 aliphatic rings. The van der Waals surface area contributed by atoms with Crippen molar-refractivity contribution < 1.29 is 13.9 Å². The lowest BCUT2D eigenvalue weighted by Gasteiger charge is -2.11. The Bertz CT molecular complexity index is 1160. The van der Waals surface area contributed by atoms with Gasteiger partial charge in [0.25, 0.3) is 5.91 Å². The third-order valence-corrected chi connectivity index (χ3v) is 4.67. The first-order valence-electron chi connectivity index (χ1n) is 9.20. The van der Waals surface area contributed by atoms with Gasteiger partial charge in [-0.2, -0.15) is 5.10 Å². The predicted octanol–water partition coefficient (Wildman–Crippen LogP) is 5.77. The van der Waals surface area contributed by atoms with Crippen LogP contribution in [0.3, 0.4) is 0 Å². The molecule has 0 saturated heterocycles. The van der Waals surface area contributed by atoms with Gasteiger partial charge in [-0.05, 0) is 36.4 Å². The number of nitrogens with zero attached hydrogens (tertiary/aromatic N) is 2. The normalized spacial score (nSPS) is 10.6. The summed E-state index contributed by atoms with van der Waals surface area (Å²) in [6.45, 7) is 0.400. The van der Waals surface area contributed by atoms with Gasteiger partial charge in [0.1, 0.15) is 17.3 Å². The highest BCUT2D eigenvalue weighted by Gasteiger charge is 2.15. The summed E-state index contributed by atoms with van der Waals surface area (Å²) in [5, 5.41) is 6.88. The van der Waals surface area contributed by atoms with E-state index in [0.29, 0.717) is 12.3 Å². The fourth-order valence-electron chi connectivity index (χ4n) is 2.89. The summed E-state index contributed by atoms with van der Waals surface area (Å²) in [4.78, 5) is 12.5. The topological polar surface area (TPSA) is 56.2 Å². The van der Waals surface area contributed by atoms with Crippen molar-refractivity contribution in [3.63, 3.8) is 0 Å². The molecule has 0 spiro atoms. The Balaban J connectivity index is 1.49. The molecule has 4 aromatic rings. The number of anilines is 1. The van der Waals surface area contributed by atoms with Gasteiger partial charge in [0.2, 0.25) is 0 Å². The molecular formula is C23H17ClFN3O2. The van der Waals surface area contributed by atoms with E-state index in [1.807, 2.05) is 54.6 Å². The SMILES string of the molecule is O=C(Nc1c(F)cccc1Cl)c1ccn(Cc2ccccc2Oc2ccccc2)n1. The number of benzene rings is 3. The zero-order valence-corrected chi connectivity index (χ0v) is 16.5. The Morgan fingerprint density at radius 1 is 1.00 bits per heavy atom. The molecule has 3 aromatic carbocycles. The molecule has 0 saturated carbocycles. The van der Waals surface area contributed by atoms with Gasteiger partial charge in [0.15, 0.2) is 5.69 Å². The van der Waals surface area contributed by atoms with Crippen molar-refractivity contribution in [2.75, 3.05) is 5.32 Å². The zero-order valence-electron chi connectivity index (χ0n) is 15.8. The highest BCUT2D eigenvalue weighted by molar-refractivity contribution is 6.33. The second kappa shape index (κ2) is 8.80. The molecule has 0 fully saturated rings. The van der Waals surface area contributed by atoms with Gasteiger partial charge >= 0.3 is 0 Å². The van der Waals surface area contributed by atoms with Crippen LogP contribution in [0.15, 0.2) is 85.1 Å². The van der Waals surface area contributed by atoms with Crippen molar-refractivity contribution in [2.24, 2.45) is 0 Å². The minimum Gasteiger partial charge on any atom is -0.457 e. The van der Waals surface area contributed by atoms with E-state index in [9.17, 15) is 9.18 Å². The summed E-state index contributed by atoms with van der Waals surface area (Å²) in [7, 11) is 0. The summed E-state index contributed by atoms with van der Waals surface area (Å²) in [6, 6.07) is 22.8. The third kappa shape index (κ3) is 4.50. The number of aromatic nitrogens is 2. The van der Waals surface area contributed by atoms with E-state index in [1.54, 1.807) is 16.9 Å². The molecule has 7 heteroatoms. The van der Waals surface area contributed by atoms with Crippen LogP contribution in [0.2, 0.25) is 5.02 Å². The minimum atomic E-state index is -0.609. The number of amides is 1. The van der Waals surface area contributed by atoms with Crippen LogP contribution in [0.4, 0.5) is 10.1 Å². The van der Waals surface area contributed by atoms with Crippen LogP contribution >= 0.6 is 11.6 Å². The molecule has 0 aliphatic carbocycles.